The molecule has 0 radical (unpaired) electrons. The minimum atomic E-state index is 0.549. The van der Waals surface area contributed by atoms with Crippen LogP contribution in [0.4, 0.5) is 0 Å². The fourth-order valence-corrected chi connectivity index (χ4v) is 3.26. The summed E-state index contributed by atoms with van der Waals surface area (Å²) in [4.78, 5) is 0. The van der Waals surface area contributed by atoms with Gasteiger partial charge in [-0.2, -0.15) is 0 Å². The van der Waals surface area contributed by atoms with Crippen LogP contribution in [0.5, 0.6) is 0 Å². The standard InChI is InChI=1S/C18H27N/c1-13(2)12-17(14-6-4-3-5-7-14)19-18(15-8-9-15)16-10-11-16/h3-7,13,15-19H,8-12H2,1-2H3. The molecule has 1 aromatic rings. The number of benzene rings is 1. The van der Waals surface area contributed by atoms with E-state index in [0.717, 1.165) is 23.8 Å². The van der Waals surface area contributed by atoms with E-state index in [4.69, 9.17) is 0 Å². The van der Waals surface area contributed by atoms with Gasteiger partial charge in [-0.3, -0.25) is 0 Å². The van der Waals surface area contributed by atoms with Crippen LogP contribution in [0.2, 0.25) is 0 Å². The summed E-state index contributed by atoms with van der Waals surface area (Å²) >= 11 is 0. The molecule has 0 saturated heterocycles. The highest BCUT2D eigenvalue weighted by Gasteiger charge is 2.42. The lowest BCUT2D eigenvalue weighted by atomic mass is 9.94. The fraction of sp³-hybridized carbons (Fsp3) is 0.667. The molecule has 2 aliphatic rings. The topological polar surface area (TPSA) is 12.0 Å². The lowest BCUT2D eigenvalue weighted by molar-refractivity contribution is 0.331. The van der Waals surface area contributed by atoms with E-state index in [9.17, 15) is 0 Å². The van der Waals surface area contributed by atoms with Crippen LogP contribution >= 0.6 is 0 Å². The average molecular weight is 257 g/mol. The maximum atomic E-state index is 4.03. The Morgan fingerprint density at radius 1 is 1.00 bits per heavy atom. The lowest BCUT2D eigenvalue weighted by Crippen LogP contribution is -2.37. The van der Waals surface area contributed by atoms with E-state index in [-0.39, 0.29) is 0 Å². The van der Waals surface area contributed by atoms with Crippen molar-refractivity contribution in [2.45, 2.75) is 58.0 Å². The zero-order valence-corrected chi connectivity index (χ0v) is 12.3. The highest BCUT2D eigenvalue weighted by Crippen LogP contribution is 2.45. The molecule has 19 heavy (non-hydrogen) atoms. The van der Waals surface area contributed by atoms with E-state index >= 15 is 0 Å². The first-order chi connectivity index (χ1) is 9.24. The molecule has 104 valence electrons. The zero-order chi connectivity index (χ0) is 13.2. The molecule has 0 amide bonds. The molecule has 0 aliphatic heterocycles. The number of hydrogen-bond donors (Lipinski definition) is 1. The van der Waals surface area contributed by atoms with Crippen LogP contribution in [0.1, 0.15) is 57.6 Å². The highest BCUT2D eigenvalue weighted by molar-refractivity contribution is 5.19. The van der Waals surface area contributed by atoms with E-state index in [1.807, 2.05) is 0 Å². The fourth-order valence-electron chi connectivity index (χ4n) is 3.26. The largest absolute Gasteiger partial charge is 0.307 e. The first-order valence-electron chi connectivity index (χ1n) is 8.05. The predicted molar refractivity (Wildman–Crippen MR) is 81.0 cm³/mol. The van der Waals surface area contributed by atoms with Crippen molar-refractivity contribution < 1.29 is 0 Å². The Bertz CT molecular complexity index is 377. The Labute approximate surface area is 117 Å². The normalized spacial score (nSPS) is 21.1. The summed E-state index contributed by atoms with van der Waals surface area (Å²) in [5.74, 6) is 2.70. The molecule has 2 fully saturated rings. The van der Waals surface area contributed by atoms with Crippen molar-refractivity contribution in [1.29, 1.82) is 0 Å². The molecule has 1 N–H and O–H groups in total. The minimum absolute atomic E-state index is 0.549. The Hall–Kier alpha value is -0.820. The van der Waals surface area contributed by atoms with Crippen LogP contribution in [0.15, 0.2) is 30.3 Å². The van der Waals surface area contributed by atoms with E-state index in [0.29, 0.717) is 6.04 Å². The van der Waals surface area contributed by atoms with Gasteiger partial charge in [0.2, 0.25) is 0 Å². The van der Waals surface area contributed by atoms with Gasteiger partial charge in [-0.15, -0.1) is 0 Å². The molecule has 2 saturated carbocycles. The Morgan fingerprint density at radius 2 is 1.58 bits per heavy atom. The van der Waals surface area contributed by atoms with Crippen molar-refractivity contribution in [3.05, 3.63) is 35.9 Å². The summed E-state index contributed by atoms with van der Waals surface area (Å²) in [5, 5.41) is 4.03. The van der Waals surface area contributed by atoms with Gasteiger partial charge in [0, 0.05) is 12.1 Å². The van der Waals surface area contributed by atoms with Crippen LogP contribution in [-0.2, 0) is 0 Å². The molecular weight excluding hydrogens is 230 g/mol. The van der Waals surface area contributed by atoms with Gasteiger partial charge < -0.3 is 5.32 Å². The monoisotopic (exact) mass is 257 g/mol. The smallest absolute Gasteiger partial charge is 0.0325 e. The van der Waals surface area contributed by atoms with Gasteiger partial charge in [0.15, 0.2) is 0 Å². The second kappa shape index (κ2) is 5.66. The molecule has 1 unspecified atom stereocenters. The predicted octanol–water partition coefficient (Wildman–Crippen LogP) is 4.55. The summed E-state index contributed by atoms with van der Waals surface area (Å²) in [7, 11) is 0. The van der Waals surface area contributed by atoms with Crippen LogP contribution in [0.25, 0.3) is 0 Å². The molecule has 2 aliphatic carbocycles. The quantitative estimate of drug-likeness (QED) is 0.755. The van der Waals surface area contributed by atoms with Crippen molar-refractivity contribution >= 4 is 0 Å². The first kappa shape index (κ1) is 13.2. The molecule has 0 aromatic heterocycles. The summed E-state index contributed by atoms with van der Waals surface area (Å²) in [6, 6.07) is 12.4. The average Bonchev–Trinajstić information content (AvgIpc) is 3.28. The molecular formula is C18H27N. The first-order valence-corrected chi connectivity index (χ1v) is 8.05. The molecule has 1 heteroatoms. The number of rotatable bonds is 7. The third-order valence-corrected chi connectivity index (χ3v) is 4.56. The zero-order valence-electron chi connectivity index (χ0n) is 12.3. The second-order valence-corrected chi connectivity index (χ2v) is 6.96. The summed E-state index contributed by atoms with van der Waals surface area (Å²) in [6.45, 7) is 4.67. The summed E-state index contributed by atoms with van der Waals surface area (Å²) in [5.41, 5.74) is 1.47. The maximum Gasteiger partial charge on any atom is 0.0325 e. The third-order valence-electron chi connectivity index (χ3n) is 4.56. The molecule has 1 nitrogen and oxygen atoms in total. The van der Waals surface area contributed by atoms with Crippen molar-refractivity contribution in [2.24, 2.45) is 17.8 Å². The van der Waals surface area contributed by atoms with Crippen LogP contribution in [-0.4, -0.2) is 6.04 Å². The van der Waals surface area contributed by atoms with Crippen LogP contribution in [0, 0.1) is 17.8 Å². The summed E-state index contributed by atoms with van der Waals surface area (Å²) in [6.07, 6.45) is 7.07. The van der Waals surface area contributed by atoms with Crippen LogP contribution < -0.4 is 5.32 Å². The van der Waals surface area contributed by atoms with E-state index in [2.05, 4.69) is 49.5 Å². The number of nitrogens with one attached hydrogen (secondary N) is 1. The third kappa shape index (κ3) is 3.60. The van der Waals surface area contributed by atoms with Gasteiger partial charge >= 0.3 is 0 Å². The molecule has 0 spiro atoms. The Balaban J connectivity index is 1.71. The van der Waals surface area contributed by atoms with E-state index in [1.54, 1.807) is 0 Å². The maximum absolute atomic E-state index is 4.03. The van der Waals surface area contributed by atoms with Gasteiger partial charge in [-0.1, -0.05) is 44.2 Å². The molecule has 0 heterocycles. The molecule has 0 bridgehead atoms. The van der Waals surface area contributed by atoms with Crippen molar-refractivity contribution in [3.8, 4) is 0 Å². The van der Waals surface area contributed by atoms with Gasteiger partial charge in [0.05, 0.1) is 0 Å². The Kier molecular flexibility index (Phi) is 3.93. The van der Waals surface area contributed by atoms with Gasteiger partial charge in [0.25, 0.3) is 0 Å². The second-order valence-electron chi connectivity index (χ2n) is 6.96. The summed E-state index contributed by atoms with van der Waals surface area (Å²) < 4.78 is 0. The van der Waals surface area contributed by atoms with E-state index < -0.39 is 0 Å². The lowest BCUT2D eigenvalue weighted by Gasteiger charge is -2.27. The SMILES string of the molecule is CC(C)CC(NC(C1CC1)C1CC1)c1ccccc1. The van der Waals surface area contributed by atoms with Gasteiger partial charge in [-0.05, 0) is 55.4 Å². The molecule has 1 aromatic carbocycles. The van der Waals surface area contributed by atoms with Crippen molar-refractivity contribution in [2.75, 3.05) is 0 Å². The van der Waals surface area contributed by atoms with Crippen molar-refractivity contribution in [1.82, 2.24) is 5.32 Å². The van der Waals surface area contributed by atoms with Crippen LogP contribution in [0.3, 0.4) is 0 Å². The molecule has 3 rings (SSSR count). The van der Waals surface area contributed by atoms with Crippen molar-refractivity contribution in [3.63, 3.8) is 0 Å². The van der Waals surface area contributed by atoms with E-state index in [1.165, 1.54) is 37.7 Å². The highest BCUT2D eigenvalue weighted by atomic mass is 15.0. The molecule has 1 atom stereocenters. The Morgan fingerprint density at radius 3 is 2.05 bits per heavy atom. The number of hydrogen-bond acceptors (Lipinski definition) is 1. The minimum Gasteiger partial charge on any atom is -0.307 e. The van der Waals surface area contributed by atoms with Gasteiger partial charge in [0.1, 0.15) is 0 Å². The van der Waals surface area contributed by atoms with Gasteiger partial charge in [-0.25, -0.2) is 0 Å².